The number of nitrogens with zero attached hydrogens (tertiary/aromatic N) is 1. The first-order valence-corrected chi connectivity index (χ1v) is 12.0. The number of benzene rings is 2. The van der Waals surface area contributed by atoms with Crippen LogP contribution in [0.4, 0.5) is 8.78 Å². The first-order chi connectivity index (χ1) is 17.7. The van der Waals surface area contributed by atoms with Crippen LogP contribution in [0.5, 0.6) is 0 Å². The van der Waals surface area contributed by atoms with Gasteiger partial charge in [-0.25, -0.2) is 18.6 Å². The molecule has 37 heavy (non-hydrogen) atoms. The van der Waals surface area contributed by atoms with Crippen LogP contribution in [-0.2, 0) is 24.1 Å². The van der Waals surface area contributed by atoms with E-state index < -0.39 is 35.7 Å². The molecule has 0 bridgehead atoms. The Kier molecular flexibility index (Phi) is 9.82. The second-order valence-corrected chi connectivity index (χ2v) is 8.81. The monoisotopic (exact) mass is 511 g/mol. The van der Waals surface area contributed by atoms with Crippen LogP contribution in [0.1, 0.15) is 50.2 Å². The van der Waals surface area contributed by atoms with Gasteiger partial charge < -0.3 is 20.5 Å². The first kappa shape index (κ1) is 27.9. The predicted octanol–water partition coefficient (Wildman–Crippen LogP) is 3.51. The summed E-state index contributed by atoms with van der Waals surface area (Å²) < 4.78 is 32.3. The maximum Gasteiger partial charge on any atom is 0.337 e. The van der Waals surface area contributed by atoms with Gasteiger partial charge in [0.05, 0.1) is 24.8 Å². The SMILES string of the molecule is CCc1cccc(CNCC(O)C(Cc2cc(F)cc(F)c2)NC(=O)c2cc(C(=O)OC)cc(C)n2)c1. The second-order valence-electron chi connectivity index (χ2n) is 8.81. The minimum Gasteiger partial charge on any atom is -0.465 e. The zero-order valence-corrected chi connectivity index (χ0v) is 21.1. The van der Waals surface area contributed by atoms with Crippen molar-refractivity contribution >= 4 is 11.9 Å². The molecule has 0 aliphatic carbocycles. The van der Waals surface area contributed by atoms with E-state index in [2.05, 4.69) is 28.6 Å². The van der Waals surface area contributed by atoms with E-state index in [1.54, 1.807) is 6.92 Å². The third kappa shape index (κ3) is 8.16. The number of pyridine rings is 1. The number of hydrogen-bond acceptors (Lipinski definition) is 6. The molecule has 0 saturated heterocycles. The van der Waals surface area contributed by atoms with Gasteiger partial charge in [-0.3, -0.25) is 4.79 Å². The van der Waals surface area contributed by atoms with Gasteiger partial charge in [0, 0.05) is 24.8 Å². The molecule has 9 heteroatoms. The molecule has 1 heterocycles. The summed E-state index contributed by atoms with van der Waals surface area (Å²) in [6.45, 7) is 4.29. The van der Waals surface area contributed by atoms with E-state index in [0.717, 1.165) is 30.2 Å². The van der Waals surface area contributed by atoms with Crippen molar-refractivity contribution in [2.24, 2.45) is 0 Å². The van der Waals surface area contributed by atoms with Crippen LogP contribution < -0.4 is 10.6 Å². The number of amides is 1. The summed E-state index contributed by atoms with van der Waals surface area (Å²) in [5, 5.41) is 16.8. The van der Waals surface area contributed by atoms with Gasteiger partial charge >= 0.3 is 5.97 Å². The van der Waals surface area contributed by atoms with Gasteiger partial charge in [-0.2, -0.15) is 0 Å². The second kappa shape index (κ2) is 13.0. The number of hydrogen-bond donors (Lipinski definition) is 3. The van der Waals surface area contributed by atoms with E-state index >= 15 is 0 Å². The number of carbonyl (C=O) groups is 2. The summed E-state index contributed by atoms with van der Waals surface area (Å²) >= 11 is 0. The Hall–Kier alpha value is -3.69. The summed E-state index contributed by atoms with van der Waals surface area (Å²) in [7, 11) is 1.23. The number of methoxy groups -OCH3 is 1. The molecular weight excluding hydrogens is 480 g/mol. The van der Waals surface area contributed by atoms with Gasteiger partial charge in [0.25, 0.3) is 5.91 Å². The van der Waals surface area contributed by atoms with E-state index in [1.165, 1.54) is 24.8 Å². The molecule has 7 nitrogen and oxygen atoms in total. The third-order valence-electron chi connectivity index (χ3n) is 5.85. The molecule has 2 unspecified atom stereocenters. The molecule has 1 amide bonds. The molecule has 0 spiro atoms. The minimum absolute atomic E-state index is 0.0374. The lowest BCUT2D eigenvalue weighted by Crippen LogP contribution is -2.49. The number of aromatic nitrogens is 1. The number of aliphatic hydroxyl groups is 1. The van der Waals surface area contributed by atoms with Gasteiger partial charge in [0.15, 0.2) is 0 Å². The molecule has 0 radical (unpaired) electrons. The van der Waals surface area contributed by atoms with Crippen LogP contribution in [0, 0.1) is 18.6 Å². The van der Waals surface area contributed by atoms with Crippen molar-refractivity contribution in [3.63, 3.8) is 0 Å². The summed E-state index contributed by atoms with van der Waals surface area (Å²) in [6.07, 6.45) is -0.237. The largest absolute Gasteiger partial charge is 0.465 e. The maximum atomic E-state index is 13.8. The molecule has 0 saturated carbocycles. The molecule has 1 aromatic heterocycles. The summed E-state index contributed by atoms with van der Waals surface area (Å²) in [5.41, 5.74) is 3.03. The van der Waals surface area contributed by atoms with E-state index in [1.807, 2.05) is 18.2 Å². The summed E-state index contributed by atoms with van der Waals surface area (Å²) in [4.78, 5) is 29.2. The topological polar surface area (TPSA) is 101 Å². The molecule has 0 fully saturated rings. The van der Waals surface area contributed by atoms with E-state index in [4.69, 9.17) is 4.74 Å². The van der Waals surface area contributed by atoms with Crippen LogP contribution in [0.2, 0.25) is 0 Å². The van der Waals surface area contributed by atoms with Crippen LogP contribution in [0.3, 0.4) is 0 Å². The number of halogens is 2. The number of nitrogens with one attached hydrogen (secondary N) is 2. The average molecular weight is 512 g/mol. The highest BCUT2D eigenvalue weighted by molar-refractivity contribution is 5.96. The third-order valence-corrected chi connectivity index (χ3v) is 5.85. The molecule has 2 aromatic carbocycles. The van der Waals surface area contributed by atoms with Gasteiger partial charge in [-0.1, -0.05) is 31.2 Å². The van der Waals surface area contributed by atoms with Crippen molar-refractivity contribution in [1.29, 1.82) is 0 Å². The molecule has 3 aromatic rings. The Morgan fingerprint density at radius 2 is 1.73 bits per heavy atom. The lowest BCUT2D eigenvalue weighted by Gasteiger charge is -2.25. The van der Waals surface area contributed by atoms with Gasteiger partial charge in [0.2, 0.25) is 0 Å². The zero-order valence-electron chi connectivity index (χ0n) is 21.1. The summed E-state index contributed by atoms with van der Waals surface area (Å²) in [6, 6.07) is 13.0. The van der Waals surface area contributed by atoms with Gasteiger partial charge in [0.1, 0.15) is 17.3 Å². The molecule has 2 atom stereocenters. The molecule has 3 rings (SSSR count). The maximum absolute atomic E-state index is 13.8. The summed E-state index contributed by atoms with van der Waals surface area (Å²) in [5.74, 6) is -2.79. The average Bonchev–Trinajstić information content (AvgIpc) is 2.86. The first-order valence-electron chi connectivity index (χ1n) is 12.0. The van der Waals surface area contributed by atoms with E-state index in [0.29, 0.717) is 12.2 Å². The van der Waals surface area contributed by atoms with Gasteiger partial charge in [-0.05, 0) is 60.7 Å². The number of ether oxygens (including phenoxy) is 1. The fourth-order valence-corrected chi connectivity index (χ4v) is 4.00. The lowest BCUT2D eigenvalue weighted by molar-refractivity contribution is 0.0600. The standard InChI is InChI=1S/C28H31F2N3O4/c1-4-18-6-5-7-19(9-18)15-31-16-26(34)24(12-20-10-22(29)14-23(30)11-20)33-27(35)25-13-21(28(36)37-3)8-17(2)32-25/h5-11,13-14,24,26,31,34H,4,12,15-16H2,1-3H3,(H,33,35). The van der Waals surface area contributed by atoms with Crippen molar-refractivity contribution in [3.8, 4) is 0 Å². The predicted molar refractivity (Wildman–Crippen MR) is 135 cm³/mol. The van der Waals surface area contributed by atoms with Crippen molar-refractivity contribution < 1.29 is 28.2 Å². The van der Waals surface area contributed by atoms with Crippen LogP contribution in [-0.4, -0.2) is 47.8 Å². The smallest absolute Gasteiger partial charge is 0.337 e. The fraction of sp³-hybridized carbons (Fsp3) is 0.321. The minimum atomic E-state index is -1.10. The van der Waals surface area contributed by atoms with Crippen LogP contribution in [0.25, 0.3) is 0 Å². The highest BCUT2D eigenvalue weighted by atomic mass is 19.1. The van der Waals surface area contributed by atoms with Crippen LogP contribution >= 0.6 is 0 Å². The Labute approximate surface area is 214 Å². The number of aliphatic hydroxyl groups excluding tert-OH is 1. The number of aryl methyl sites for hydroxylation is 2. The highest BCUT2D eigenvalue weighted by Crippen LogP contribution is 2.14. The Morgan fingerprint density at radius 1 is 1.03 bits per heavy atom. The van der Waals surface area contributed by atoms with E-state index in [-0.39, 0.29) is 29.8 Å². The Bertz CT molecular complexity index is 1230. The molecule has 3 N–H and O–H groups in total. The zero-order chi connectivity index (χ0) is 26.9. The number of rotatable bonds is 11. The van der Waals surface area contributed by atoms with Crippen molar-refractivity contribution in [1.82, 2.24) is 15.6 Å². The van der Waals surface area contributed by atoms with Gasteiger partial charge in [-0.15, -0.1) is 0 Å². The molecule has 0 aliphatic rings. The molecule has 196 valence electrons. The number of esters is 1. The molecule has 0 aliphatic heterocycles. The Morgan fingerprint density at radius 3 is 2.41 bits per heavy atom. The lowest BCUT2D eigenvalue weighted by atomic mass is 10.00. The number of carbonyl (C=O) groups excluding carboxylic acids is 2. The van der Waals surface area contributed by atoms with Crippen LogP contribution in [0.15, 0.2) is 54.6 Å². The normalized spacial score (nSPS) is 12.6. The van der Waals surface area contributed by atoms with Crippen molar-refractivity contribution in [2.75, 3.05) is 13.7 Å². The van der Waals surface area contributed by atoms with Crippen molar-refractivity contribution in [2.45, 2.75) is 45.4 Å². The fourth-order valence-electron chi connectivity index (χ4n) is 4.00. The molecular formula is C28H31F2N3O4. The quantitative estimate of drug-likeness (QED) is 0.341. The van der Waals surface area contributed by atoms with Crippen molar-refractivity contribution in [3.05, 3.63) is 99.9 Å². The van der Waals surface area contributed by atoms with E-state index in [9.17, 15) is 23.5 Å². The Balaban J connectivity index is 1.77. The highest BCUT2D eigenvalue weighted by Gasteiger charge is 2.24.